The fourth-order valence-corrected chi connectivity index (χ4v) is 3.40. The monoisotopic (exact) mass is 409 g/mol. The second kappa shape index (κ2) is 7.71. The van der Waals surface area contributed by atoms with Crippen LogP contribution in [0.15, 0.2) is 47.3 Å². The van der Waals surface area contributed by atoms with Crippen LogP contribution in [0.4, 0.5) is 8.78 Å². The maximum absolute atomic E-state index is 14.6. The first kappa shape index (κ1) is 19.4. The standard InChI is InChI=1S/C20H15Cl2F2NO2/c1-3-25-19(18-16(23)5-4-6-17(18)24)13(10-15(22)20(25)26)12-9-11(27-2)7-8-14(12)21/h4-10H,3H2,1-2H3. The first-order valence-electron chi connectivity index (χ1n) is 8.10. The second-order valence-electron chi connectivity index (χ2n) is 5.75. The van der Waals surface area contributed by atoms with Gasteiger partial charge in [-0.1, -0.05) is 29.3 Å². The summed E-state index contributed by atoms with van der Waals surface area (Å²) >= 11 is 12.5. The average Bonchev–Trinajstić information content (AvgIpc) is 2.65. The Hall–Kier alpha value is -2.37. The molecule has 0 unspecified atom stereocenters. The molecule has 27 heavy (non-hydrogen) atoms. The molecule has 0 amide bonds. The van der Waals surface area contributed by atoms with Crippen molar-refractivity contribution in [3.63, 3.8) is 0 Å². The maximum Gasteiger partial charge on any atom is 0.269 e. The van der Waals surface area contributed by atoms with Crippen molar-refractivity contribution in [3.05, 3.63) is 74.5 Å². The highest BCUT2D eigenvalue weighted by molar-refractivity contribution is 6.34. The molecule has 0 aliphatic rings. The van der Waals surface area contributed by atoms with Crippen molar-refractivity contribution in [1.29, 1.82) is 0 Å². The first-order chi connectivity index (χ1) is 12.9. The van der Waals surface area contributed by atoms with Crippen LogP contribution in [0, 0.1) is 11.6 Å². The Labute approximate surface area is 164 Å². The van der Waals surface area contributed by atoms with Crippen LogP contribution in [0.5, 0.6) is 5.75 Å². The predicted molar refractivity (Wildman–Crippen MR) is 104 cm³/mol. The highest BCUT2D eigenvalue weighted by Crippen LogP contribution is 2.40. The van der Waals surface area contributed by atoms with Crippen molar-refractivity contribution in [2.24, 2.45) is 0 Å². The third-order valence-electron chi connectivity index (χ3n) is 4.23. The zero-order valence-electron chi connectivity index (χ0n) is 14.5. The average molecular weight is 410 g/mol. The number of methoxy groups -OCH3 is 1. The topological polar surface area (TPSA) is 31.2 Å². The number of halogens is 4. The molecule has 0 saturated carbocycles. The number of hydrogen-bond donors (Lipinski definition) is 0. The van der Waals surface area contributed by atoms with Gasteiger partial charge in [0.2, 0.25) is 0 Å². The van der Waals surface area contributed by atoms with Gasteiger partial charge in [-0.05, 0) is 43.3 Å². The Balaban J connectivity index is 2.50. The summed E-state index contributed by atoms with van der Waals surface area (Å²) in [5, 5.41) is 0.248. The van der Waals surface area contributed by atoms with Crippen LogP contribution in [0.1, 0.15) is 6.92 Å². The Kier molecular flexibility index (Phi) is 5.53. The summed E-state index contributed by atoms with van der Waals surface area (Å²) in [5.41, 5.74) is -0.0219. The summed E-state index contributed by atoms with van der Waals surface area (Å²) in [6, 6.07) is 9.79. The Morgan fingerprint density at radius 1 is 1.00 bits per heavy atom. The summed E-state index contributed by atoms with van der Waals surface area (Å²) in [4.78, 5) is 12.5. The lowest BCUT2D eigenvalue weighted by molar-refractivity contribution is 0.415. The zero-order chi connectivity index (χ0) is 19.7. The number of benzene rings is 2. The first-order valence-corrected chi connectivity index (χ1v) is 8.86. The number of rotatable bonds is 4. The smallest absolute Gasteiger partial charge is 0.269 e. The molecule has 0 saturated heterocycles. The number of pyridine rings is 1. The van der Waals surface area contributed by atoms with Gasteiger partial charge in [-0.3, -0.25) is 4.79 Å². The molecule has 1 heterocycles. The van der Waals surface area contributed by atoms with Crippen LogP contribution in [-0.4, -0.2) is 11.7 Å². The van der Waals surface area contributed by atoms with Crippen LogP contribution < -0.4 is 10.3 Å². The minimum absolute atomic E-state index is 0.0673. The fourth-order valence-electron chi connectivity index (χ4n) is 2.97. The van der Waals surface area contributed by atoms with E-state index in [0.717, 1.165) is 12.1 Å². The molecule has 140 valence electrons. The third kappa shape index (κ3) is 3.45. The molecule has 0 N–H and O–H groups in total. The van der Waals surface area contributed by atoms with Crippen LogP contribution in [0.2, 0.25) is 10.0 Å². The molecule has 0 bridgehead atoms. The SMILES string of the molecule is CCn1c(-c2c(F)cccc2F)c(-c2cc(OC)ccc2Cl)cc(Cl)c1=O. The fraction of sp³-hybridized carbons (Fsp3) is 0.150. The van der Waals surface area contributed by atoms with E-state index < -0.39 is 17.2 Å². The van der Waals surface area contributed by atoms with Crippen molar-refractivity contribution in [3.8, 4) is 28.1 Å². The quantitative estimate of drug-likeness (QED) is 0.545. The summed E-state index contributed by atoms with van der Waals surface area (Å²) < 4.78 is 35.6. The number of nitrogens with zero attached hydrogens (tertiary/aromatic N) is 1. The van der Waals surface area contributed by atoms with Gasteiger partial charge in [0.1, 0.15) is 22.4 Å². The van der Waals surface area contributed by atoms with Gasteiger partial charge in [-0.25, -0.2) is 8.78 Å². The molecule has 0 spiro atoms. The highest BCUT2D eigenvalue weighted by atomic mass is 35.5. The van der Waals surface area contributed by atoms with E-state index in [0.29, 0.717) is 21.9 Å². The van der Waals surface area contributed by atoms with Crippen LogP contribution in [0.25, 0.3) is 22.4 Å². The summed E-state index contributed by atoms with van der Waals surface area (Å²) in [7, 11) is 1.49. The van der Waals surface area contributed by atoms with E-state index in [-0.39, 0.29) is 22.8 Å². The lowest BCUT2D eigenvalue weighted by Gasteiger charge is -2.19. The van der Waals surface area contributed by atoms with Crippen molar-refractivity contribution in [1.82, 2.24) is 4.57 Å². The maximum atomic E-state index is 14.6. The van der Waals surface area contributed by atoms with Gasteiger partial charge in [0.15, 0.2) is 0 Å². The summed E-state index contributed by atoms with van der Waals surface area (Å²) in [5.74, 6) is -1.09. The van der Waals surface area contributed by atoms with Crippen molar-refractivity contribution in [2.75, 3.05) is 7.11 Å². The Bertz CT molecular complexity index is 1060. The molecular formula is C20H15Cl2F2NO2. The van der Waals surface area contributed by atoms with Crippen molar-refractivity contribution >= 4 is 23.2 Å². The van der Waals surface area contributed by atoms with Gasteiger partial charge in [-0.2, -0.15) is 0 Å². The van der Waals surface area contributed by atoms with Gasteiger partial charge >= 0.3 is 0 Å². The minimum Gasteiger partial charge on any atom is -0.497 e. The Morgan fingerprint density at radius 3 is 2.26 bits per heavy atom. The summed E-state index contributed by atoms with van der Waals surface area (Å²) in [6.45, 7) is 1.86. The molecule has 1 aromatic heterocycles. The van der Waals surface area contributed by atoms with Gasteiger partial charge in [0.05, 0.1) is 18.4 Å². The van der Waals surface area contributed by atoms with Crippen molar-refractivity contribution < 1.29 is 13.5 Å². The molecular weight excluding hydrogens is 395 g/mol. The van der Waals surface area contributed by atoms with E-state index in [1.165, 1.54) is 23.8 Å². The molecule has 3 nitrogen and oxygen atoms in total. The number of aromatic nitrogens is 1. The molecule has 3 rings (SSSR count). The van der Waals surface area contributed by atoms with Gasteiger partial charge < -0.3 is 9.30 Å². The van der Waals surface area contributed by atoms with E-state index in [9.17, 15) is 13.6 Å². The van der Waals surface area contributed by atoms with E-state index in [4.69, 9.17) is 27.9 Å². The predicted octanol–water partition coefficient (Wildman–Crippen LogP) is 5.80. The molecule has 0 aliphatic heterocycles. The summed E-state index contributed by atoms with van der Waals surface area (Å²) in [6.07, 6.45) is 0. The lowest BCUT2D eigenvalue weighted by atomic mass is 9.97. The third-order valence-corrected chi connectivity index (χ3v) is 4.83. The lowest BCUT2D eigenvalue weighted by Crippen LogP contribution is -2.23. The molecule has 0 atom stereocenters. The van der Waals surface area contributed by atoms with E-state index in [1.807, 2.05) is 0 Å². The van der Waals surface area contributed by atoms with E-state index in [1.54, 1.807) is 25.1 Å². The van der Waals surface area contributed by atoms with Gasteiger partial charge in [-0.15, -0.1) is 0 Å². The molecule has 2 aromatic carbocycles. The minimum atomic E-state index is -0.792. The van der Waals surface area contributed by atoms with Crippen LogP contribution in [0.3, 0.4) is 0 Å². The van der Waals surface area contributed by atoms with Gasteiger partial charge in [0, 0.05) is 22.7 Å². The molecule has 0 fully saturated rings. The van der Waals surface area contributed by atoms with E-state index >= 15 is 0 Å². The molecule has 0 radical (unpaired) electrons. The number of hydrogen-bond acceptors (Lipinski definition) is 2. The van der Waals surface area contributed by atoms with E-state index in [2.05, 4.69) is 0 Å². The normalized spacial score (nSPS) is 10.9. The largest absolute Gasteiger partial charge is 0.497 e. The highest BCUT2D eigenvalue weighted by Gasteiger charge is 2.23. The van der Waals surface area contributed by atoms with Gasteiger partial charge in [0.25, 0.3) is 5.56 Å². The second-order valence-corrected chi connectivity index (χ2v) is 6.56. The van der Waals surface area contributed by atoms with Crippen LogP contribution >= 0.6 is 23.2 Å². The molecule has 3 aromatic rings. The zero-order valence-corrected chi connectivity index (χ0v) is 16.0. The Morgan fingerprint density at radius 2 is 1.67 bits per heavy atom. The number of ether oxygens (including phenoxy) is 1. The van der Waals surface area contributed by atoms with Crippen molar-refractivity contribution in [2.45, 2.75) is 13.5 Å². The molecule has 0 aliphatic carbocycles. The van der Waals surface area contributed by atoms with Crippen LogP contribution in [-0.2, 0) is 6.54 Å². The molecule has 7 heteroatoms.